The Morgan fingerprint density at radius 3 is 2.87 bits per heavy atom. The largest absolute Gasteiger partial charge is 0.333 e. The molecule has 0 aliphatic carbocycles. The Hall–Kier alpha value is -2.01. The number of fused-ring (bicyclic) bond motifs is 1. The summed E-state index contributed by atoms with van der Waals surface area (Å²) in [6.45, 7) is 4.63. The van der Waals surface area contributed by atoms with Gasteiger partial charge in [0.1, 0.15) is 6.54 Å². The number of benzene rings is 1. The fourth-order valence-electron chi connectivity index (χ4n) is 2.72. The molecule has 1 aromatic heterocycles. The Kier molecular flexibility index (Phi) is 4.57. The molecule has 0 N–H and O–H groups in total. The van der Waals surface area contributed by atoms with Gasteiger partial charge in [-0.2, -0.15) is 0 Å². The van der Waals surface area contributed by atoms with Gasteiger partial charge in [0.25, 0.3) is 5.56 Å². The molecule has 1 aliphatic rings. The van der Waals surface area contributed by atoms with E-state index in [-0.39, 0.29) is 24.1 Å². The molecule has 23 heavy (non-hydrogen) atoms. The topological polar surface area (TPSA) is 42.3 Å². The minimum atomic E-state index is -0.129. The van der Waals surface area contributed by atoms with E-state index in [9.17, 15) is 9.59 Å². The number of nitrogens with zero attached hydrogens (tertiary/aromatic N) is 2. The Morgan fingerprint density at radius 2 is 2.09 bits per heavy atom. The van der Waals surface area contributed by atoms with Crippen LogP contribution in [0.1, 0.15) is 18.1 Å². The predicted molar refractivity (Wildman–Crippen MR) is 92.6 cm³/mol. The number of hydrogen-bond donors (Lipinski definition) is 0. The van der Waals surface area contributed by atoms with Gasteiger partial charge in [0.05, 0.1) is 0 Å². The van der Waals surface area contributed by atoms with E-state index < -0.39 is 0 Å². The van der Waals surface area contributed by atoms with Crippen molar-refractivity contribution in [3.8, 4) is 0 Å². The Bertz CT molecular complexity index is 785. The summed E-state index contributed by atoms with van der Waals surface area (Å²) < 4.78 is 1.48. The van der Waals surface area contributed by atoms with Gasteiger partial charge >= 0.3 is 0 Å². The highest BCUT2D eigenvalue weighted by Crippen LogP contribution is 2.29. The van der Waals surface area contributed by atoms with Gasteiger partial charge in [0, 0.05) is 35.5 Å². The normalized spacial score (nSPS) is 17.5. The summed E-state index contributed by atoms with van der Waals surface area (Å²) in [5, 5.41) is 0. The van der Waals surface area contributed by atoms with Crippen LogP contribution in [0.3, 0.4) is 0 Å². The van der Waals surface area contributed by atoms with Crippen molar-refractivity contribution in [2.75, 3.05) is 5.75 Å². The molecule has 5 heteroatoms. The number of pyridine rings is 1. The van der Waals surface area contributed by atoms with Gasteiger partial charge in [-0.3, -0.25) is 9.59 Å². The summed E-state index contributed by atoms with van der Waals surface area (Å²) in [5.41, 5.74) is 1.95. The van der Waals surface area contributed by atoms with Crippen LogP contribution in [0.15, 0.2) is 52.3 Å². The first-order valence-electron chi connectivity index (χ1n) is 7.72. The molecule has 0 saturated heterocycles. The van der Waals surface area contributed by atoms with Crippen LogP contribution in [-0.4, -0.2) is 27.2 Å². The van der Waals surface area contributed by atoms with Crippen LogP contribution < -0.4 is 5.56 Å². The van der Waals surface area contributed by atoms with Crippen LogP contribution in [-0.2, 0) is 17.9 Å². The molecule has 0 bridgehead atoms. The molecular formula is C18H20N2O2S. The maximum atomic E-state index is 12.7. The van der Waals surface area contributed by atoms with Crippen molar-refractivity contribution in [3.63, 3.8) is 0 Å². The van der Waals surface area contributed by atoms with Crippen molar-refractivity contribution in [1.82, 2.24) is 9.47 Å². The van der Waals surface area contributed by atoms with Gasteiger partial charge in [0.15, 0.2) is 0 Å². The van der Waals surface area contributed by atoms with Gasteiger partial charge in [-0.15, -0.1) is 11.8 Å². The zero-order chi connectivity index (χ0) is 16.4. The van der Waals surface area contributed by atoms with E-state index >= 15 is 0 Å². The van der Waals surface area contributed by atoms with E-state index in [1.54, 1.807) is 24.0 Å². The second kappa shape index (κ2) is 6.62. The highest BCUT2D eigenvalue weighted by molar-refractivity contribution is 7.99. The number of amides is 1. The second-order valence-corrected chi connectivity index (χ2v) is 7.02. The average Bonchev–Trinajstić information content (AvgIpc) is 2.70. The molecule has 0 radical (unpaired) electrons. The highest BCUT2D eigenvalue weighted by atomic mass is 32.2. The standard InChI is InChI=1S/C18H20N2O2S/c1-13-7-8-19(17(21)9-13)11-18(22)20-10-15-5-3-4-6-16(15)23-12-14(20)2/h3-9,14H,10-12H2,1-2H3/t14-/m1/s1. The first-order chi connectivity index (χ1) is 11.0. The zero-order valence-electron chi connectivity index (χ0n) is 13.4. The SMILES string of the molecule is Cc1ccn(CC(=O)N2Cc3ccccc3SC[C@H]2C)c(=O)c1. The molecule has 120 valence electrons. The molecule has 0 unspecified atom stereocenters. The fourth-order valence-corrected chi connectivity index (χ4v) is 3.82. The van der Waals surface area contributed by atoms with Crippen LogP contribution in [0.5, 0.6) is 0 Å². The Labute approximate surface area is 140 Å². The molecule has 3 rings (SSSR count). The van der Waals surface area contributed by atoms with Crippen LogP contribution in [0.25, 0.3) is 0 Å². The lowest BCUT2D eigenvalue weighted by atomic mass is 10.2. The third kappa shape index (κ3) is 3.50. The highest BCUT2D eigenvalue weighted by Gasteiger charge is 2.25. The third-order valence-corrected chi connectivity index (χ3v) is 5.46. The molecule has 2 heterocycles. The molecule has 2 aromatic rings. The van der Waals surface area contributed by atoms with E-state index in [1.165, 1.54) is 15.0 Å². The van der Waals surface area contributed by atoms with Crippen molar-refractivity contribution in [2.45, 2.75) is 37.9 Å². The summed E-state index contributed by atoms with van der Waals surface area (Å²) >= 11 is 1.79. The van der Waals surface area contributed by atoms with Crippen molar-refractivity contribution < 1.29 is 4.79 Å². The molecule has 0 spiro atoms. The number of aryl methyl sites for hydroxylation is 1. The van der Waals surface area contributed by atoms with Crippen molar-refractivity contribution >= 4 is 17.7 Å². The van der Waals surface area contributed by atoms with Gasteiger partial charge in [-0.25, -0.2) is 0 Å². The minimum absolute atomic E-state index is 0.0132. The lowest BCUT2D eigenvalue weighted by Gasteiger charge is -2.27. The molecule has 4 nitrogen and oxygen atoms in total. The lowest BCUT2D eigenvalue weighted by molar-refractivity contribution is -0.134. The maximum Gasteiger partial charge on any atom is 0.251 e. The van der Waals surface area contributed by atoms with E-state index in [1.807, 2.05) is 30.0 Å². The average molecular weight is 328 g/mol. The summed E-state index contributed by atoms with van der Waals surface area (Å²) in [6, 6.07) is 11.8. The van der Waals surface area contributed by atoms with E-state index in [0.29, 0.717) is 6.54 Å². The summed E-state index contributed by atoms with van der Waals surface area (Å²) in [6.07, 6.45) is 1.70. The summed E-state index contributed by atoms with van der Waals surface area (Å²) in [7, 11) is 0. The zero-order valence-corrected chi connectivity index (χ0v) is 14.2. The molecule has 0 fully saturated rings. The maximum absolute atomic E-state index is 12.7. The van der Waals surface area contributed by atoms with Gasteiger partial charge in [0.2, 0.25) is 5.91 Å². The van der Waals surface area contributed by atoms with E-state index in [4.69, 9.17) is 0 Å². The smallest absolute Gasteiger partial charge is 0.251 e. The van der Waals surface area contributed by atoms with Crippen LogP contribution >= 0.6 is 11.8 Å². The number of carbonyl (C=O) groups excluding carboxylic acids is 1. The third-order valence-electron chi connectivity index (χ3n) is 4.10. The van der Waals surface area contributed by atoms with Crippen molar-refractivity contribution in [2.24, 2.45) is 0 Å². The quantitative estimate of drug-likeness (QED) is 0.851. The molecule has 0 saturated carbocycles. The minimum Gasteiger partial charge on any atom is -0.333 e. The van der Waals surface area contributed by atoms with Gasteiger partial charge < -0.3 is 9.47 Å². The number of hydrogen-bond acceptors (Lipinski definition) is 3. The predicted octanol–water partition coefficient (Wildman–Crippen LogP) is 2.68. The number of thioether (sulfide) groups is 1. The van der Waals surface area contributed by atoms with Gasteiger partial charge in [-0.05, 0) is 37.1 Å². The van der Waals surface area contributed by atoms with Crippen LogP contribution in [0.4, 0.5) is 0 Å². The monoisotopic (exact) mass is 328 g/mol. The Morgan fingerprint density at radius 1 is 1.30 bits per heavy atom. The first-order valence-corrected chi connectivity index (χ1v) is 8.70. The van der Waals surface area contributed by atoms with Gasteiger partial charge in [-0.1, -0.05) is 18.2 Å². The second-order valence-electron chi connectivity index (χ2n) is 5.96. The lowest BCUT2D eigenvalue weighted by Crippen LogP contribution is -2.41. The molecule has 1 amide bonds. The molecule has 1 aromatic carbocycles. The van der Waals surface area contributed by atoms with E-state index in [2.05, 4.69) is 19.1 Å². The number of aromatic nitrogens is 1. The summed E-state index contributed by atoms with van der Waals surface area (Å²) in [5.74, 6) is 0.853. The van der Waals surface area contributed by atoms with Crippen LogP contribution in [0.2, 0.25) is 0 Å². The number of carbonyl (C=O) groups is 1. The first kappa shape index (κ1) is 15.9. The fraction of sp³-hybridized carbons (Fsp3) is 0.333. The Balaban J connectivity index is 1.82. The van der Waals surface area contributed by atoms with E-state index in [0.717, 1.165) is 11.3 Å². The van der Waals surface area contributed by atoms with Crippen LogP contribution in [0, 0.1) is 6.92 Å². The molecule has 1 atom stereocenters. The summed E-state index contributed by atoms with van der Waals surface area (Å²) in [4.78, 5) is 27.8. The van der Waals surface area contributed by atoms with Crippen molar-refractivity contribution in [1.29, 1.82) is 0 Å². The number of rotatable bonds is 2. The molecular weight excluding hydrogens is 308 g/mol. The molecule has 1 aliphatic heterocycles. The van der Waals surface area contributed by atoms with Crippen molar-refractivity contribution in [3.05, 3.63) is 64.1 Å².